The Bertz CT molecular complexity index is 216. The second-order valence-electron chi connectivity index (χ2n) is 7.59. The monoisotopic (exact) mass is 283 g/mol. The van der Waals surface area contributed by atoms with Crippen LogP contribution in [0.15, 0.2) is 0 Å². The summed E-state index contributed by atoms with van der Waals surface area (Å²) in [4.78, 5) is 2.55. The van der Waals surface area contributed by atoms with Crippen LogP contribution in [0.1, 0.15) is 78.6 Å². The summed E-state index contributed by atoms with van der Waals surface area (Å²) >= 11 is 0. The number of unbranched alkanes of at least 4 members (excludes halogenated alkanes) is 7. The molecule has 120 valence electrons. The van der Waals surface area contributed by atoms with Gasteiger partial charge in [0.25, 0.3) is 0 Å². The maximum atomic E-state index is 5.37. The molecule has 0 radical (unpaired) electrons. The van der Waals surface area contributed by atoms with Gasteiger partial charge in [0.15, 0.2) is 0 Å². The first kappa shape index (κ1) is 18.0. The van der Waals surface area contributed by atoms with Gasteiger partial charge in [-0.2, -0.15) is 0 Å². The Hall–Kier alpha value is -0.0800. The van der Waals surface area contributed by atoms with Gasteiger partial charge < -0.3 is 4.74 Å². The molecule has 0 N–H and O–H groups in total. The van der Waals surface area contributed by atoms with Crippen LogP contribution in [0.2, 0.25) is 0 Å². The van der Waals surface area contributed by atoms with E-state index < -0.39 is 0 Å². The number of rotatable bonds is 10. The summed E-state index contributed by atoms with van der Waals surface area (Å²) in [6.45, 7) is 12.5. The predicted molar refractivity (Wildman–Crippen MR) is 88.3 cm³/mol. The van der Waals surface area contributed by atoms with Gasteiger partial charge in [-0.15, -0.1) is 0 Å². The molecule has 1 heterocycles. The van der Waals surface area contributed by atoms with Crippen LogP contribution in [0.4, 0.5) is 0 Å². The number of ether oxygens (including phenoxy) is 1. The fourth-order valence-electron chi connectivity index (χ4n) is 2.88. The van der Waals surface area contributed by atoms with Crippen LogP contribution >= 0.6 is 0 Å². The number of nitrogens with zero attached hydrogens (tertiary/aromatic N) is 1. The smallest absolute Gasteiger partial charge is 0.0594 e. The third-order valence-electron chi connectivity index (χ3n) is 4.25. The Kier molecular flexibility index (Phi) is 9.54. The van der Waals surface area contributed by atoms with Gasteiger partial charge in [0.1, 0.15) is 0 Å². The lowest BCUT2D eigenvalue weighted by Gasteiger charge is -2.26. The van der Waals surface area contributed by atoms with Crippen molar-refractivity contribution in [3.05, 3.63) is 0 Å². The van der Waals surface area contributed by atoms with Gasteiger partial charge in [0.05, 0.1) is 13.2 Å². The van der Waals surface area contributed by atoms with Crippen LogP contribution in [-0.4, -0.2) is 37.7 Å². The van der Waals surface area contributed by atoms with Gasteiger partial charge in [-0.3, -0.25) is 4.90 Å². The van der Waals surface area contributed by atoms with E-state index in [0.717, 1.165) is 26.3 Å². The van der Waals surface area contributed by atoms with Crippen molar-refractivity contribution in [2.24, 2.45) is 5.41 Å². The molecule has 0 amide bonds. The molecule has 0 bridgehead atoms. The Labute approximate surface area is 127 Å². The zero-order chi connectivity index (χ0) is 14.7. The molecule has 0 aliphatic carbocycles. The van der Waals surface area contributed by atoms with Crippen LogP contribution < -0.4 is 0 Å². The molecule has 1 saturated heterocycles. The van der Waals surface area contributed by atoms with Crippen LogP contribution in [0, 0.1) is 5.41 Å². The largest absolute Gasteiger partial charge is 0.379 e. The summed E-state index contributed by atoms with van der Waals surface area (Å²) in [5, 5.41) is 0. The van der Waals surface area contributed by atoms with Crippen molar-refractivity contribution in [2.45, 2.75) is 78.6 Å². The molecule has 1 aliphatic heterocycles. The second-order valence-corrected chi connectivity index (χ2v) is 7.59. The highest BCUT2D eigenvalue weighted by atomic mass is 16.5. The van der Waals surface area contributed by atoms with Gasteiger partial charge in [-0.1, -0.05) is 65.7 Å². The standard InChI is InChI=1S/C18H37NO/c1-18(2,3)12-10-8-6-4-5-7-9-11-13-19-14-16-20-17-15-19/h4-17H2,1-3H3. The van der Waals surface area contributed by atoms with Gasteiger partial charge >= 0.3 is 0 Å². The Morgan fingerprint density at radius 2 is 1.25 bits per heavy atom. The Balaban J connectivity index is 1.76. The summed E-state index contributed by atoms with van der Waals surface area (Å²) < 4.78 is 5.37. The first-order valence-electron chi connectivity index (χ1n) is 8.88. The second kappa shape index (κ2) is 10.6. The maximum Gasteiger partial charge on any atom is 0.0594 e. The SMILES string of the molecule is CC(C)(C)CCCCCCCCCCN1CCOCC1. The number of hydrogen-bond acceptors (Lipinski definition) is 2. The predicted octanol–water partition coefficient (Wildman–Crippen LogP) is 4.88. The molecular weight excluding hydrogens is 246 g/mol. The van der Waals surface area contributed by atoms with Gasteiger partial charge in [0.2, 0.25) is 0 Å². The van der Waals surface area contributed by atoms with E-state index in [1.54, 1.807) is 0 Å². The number of morpholine rings is 1. The minimum Gasteiger partial charge on any atom is -0.379 e. The number of hydrogen-bond donors (Lipinski definition) is 0. The summed E-state index contributed by atoms with van der Waals surface area (Å²) in [5.74, 6) is 0. The lowest BCUT2D eigenvalue weighted by molar-refractivity contribution is 0.0371. The summed E-state index contributed by atoms with van der Waals surface area (Å²) in [7, 11) is 0. The molecule has 0 atom stereocenters. The van der Waals surface area contributed by atoms with Gasteiger partial charge in [-0.05, 0) is 24.8 Å². The Morgan fingerprint density at radius 1 is 0.750 bits per heavy atom. The van der Waals surface area contributed by atoms with Crippen molar-refractivity contribution in [3.8, 4) is 0 Å². The molecule has 2 nitrogen and oxygen atoms in total. The normalized spacial score (nSPS) is 17.6. The average molecular weight is 284 g/mol. The van der Waals surface area contributed by atoms with E-state index in [0.29, 0.717) is 5.41 Å². The highest BCUT2D eigenvalue weighted by Gasteiger charge is 2.09. The average Bonchev–Trinajstić information content (AvgIpc) is 2.41. The van der Waals surface area contributed by atoms with E-state index in [2.05, 4.69) is 25.7 Å². The zero-order valence-corrected chi connectivity index (χ0v) is 14.3. The minimum absolute atomic E-state index is 0.527. The fraction of sp³-hybridized carbons (Fsp3) is 1.00. The van der Waals surface area contributed by atoms with Crippen molar-refractivity contribution in [1.29, 1.82) is 0 Å². The van der Waals surface area contributed by atoms with Crippen molar-refractivity contribution >= 4 is 0 Å². The van der Waals surface area contributed by atoms with E-state index in [1.807, 2.05) is 0 Å². The molecule has 0 spiro atoms. The molecule has 0 saturated carbocycles. The van der Waals surface area contributed by atoms with Crippen LogP contribution in [0.3, 0.4) is 0 Å². The van der Waals surface area contributed by atoms with E-state index >= 15 is 0 Å². The molecule has 1 aliphatic rings. The maximum absolute atomic E-state index is 5.37. The van der Waals surface area contributed by atoms with E-state index in [-0.39, 0.29) is 0 Å². The fourth-order valence-corrected chi connectivity index (χ4v) is 2.88. The molecule has 0 unspecified atom stereocenters. The molecule has 1 rings (SSSR count). The molecular formula is C18H37NO. The van der Waals surface area contributed by atoms with Crippen LogP contribution in [0.5, 0.6) is 0 Å². The first-order valence-corrected chi connectivity index (χ1v) is 8.88. The third kappa shape index (κ3) is 10.7. The van der Waals surface area contributed by atoms with Crippen LogP contribution in [0.25, 0.3) is 0 Å². The van der Waals surface area contributed by atoms with Gasteiger partial charge in [0, 0.05) is 13.1 Å². The molecule has 0 aromatic rings. The third-order valence-corrected chi connectivity index (χ3v) is 4.25. The van der Waals surface area contributed by atoms with Crippen molar-refractivity contribution < 1.29 is 4.74 Å². The van der Waals surface area contributed by atoms with Gasteiger partial charge in [-0.25, -0.2) is 0 Å². The highest BCUT2D eigenvalue weighted by Crippen LogP contribution is 2.22. The molecule has 20 heavy (non-hydrogen) atoms. The minimum atomic E-state index is 0.527. The highest BCUT2D eigenvalue weighted by molar-refractivity contribution is 4.62. The lowest BCUT2D eigenvalue weighted by atomic mass is 9.89. The van der Waals surface area contributed by atoms with Crippen molar-refractivity contribution in [3.63, 3.8) is 0 Å². The molecule has 1 fully saturated rings. The van der Waals surface area contributed by atoms with Crippen LogP contribution in [-0.2, 0) is 4.74 Å². The summed E-state index contributed by atoms with van der Waals surface area (Å²) in [6.07, 6.45) is 12.8. The quantitative estimate of drug-likeness (QED) is 0.530. The molecule has 0 aromatic heterocycles. The van der Waals surface area contributed by atoms with E-state index in [9.17, 15) is 0 Å². The topological polar surface area (TPSA) is 12.5 Å². The summed E-state index contributed by atoms with van der Waals surface area (Å²) in [5.41, 5.74) is 0.527. The lowest BCUT2D eigenvalue weighted by Crippen LogP contribution is -2.36. The molecule has 2 heteroatoms. The van der Waals surface area contributed by atoms with Crippen molar-refractivity contribution in [1.82, 2.24) is 4.90 Å². The Morgan fingerprint density at radius 3 is 1.80 bits per heavy atom. The molecule has 0 aromatic carbocycles. The van der Waals surface area contributed by atoms with Crippen molar-refractivity contribution in [2.75, 3.05) is 32.8 Å². The first-order chi connectivity index (χ1) is 9.58. The zero-order valence-electron chi connectivity index (χ0n) is 14.3. The van der Waals surface area contributed by atoms with E-state index in [4.69, 9.17) is 4.74 Å². The summed E-state index contributed by atoms with van der Waals surface area (Å²) in [6, 6.07) is 0. The van der Waals surface area contributed by atoms with E-state index in [1.165, 1.54) is 64.3 Å².